The van der Waals surface area contributed by atoms with E-state index in [0.717, 1.165) is 12.1 Å². The normalized spacial score (nSPS) is 13.5. The molecule has 9 nitrogen and oxygen atoms in total. The van der Waals surface area contributed by atoms with Crippen LogP contribution in [-0.4, -0.2) is 49.7 Å². The SMILES string of the molecule is C=CC(=O)NC1CN(c2nc(=O)n(-c3c(C)ccnc3C(C)C)c3nc(-c4c(O)cccc4F)c(F)cc23)C1. The van der Waals surface area contributed by atoms with E-state index in [9.17, 15) is 19.1 Å². The number of fused-ring (bicyclic) bond motifs is 1. The Balaban J connectivity index is 1.79. The number of halogens is 2. The van der Waals surface area contributed by atoms with Crippen molar-refractivity contribution in [2.75, 3.05) is 18.0 Å². The highest BCUT2D eigenvalue weighted by atomic mass is 19.1. The first-order valence-electron chi connectivity index (χ1n) is 12.4. The largest absolute Gasteiger partial charge is 0.507 e. The third-order valence-electron chi connectivity index (χ3n) is 6.67. The second kappa shape index (κ2) is 9.90. The molecule has 5 rings (SSSR count). The zero-order valence-electron chi connectivity index (χ0n) is 21.6. The van der Waals surface area contributed by atoms with Crippen LogP contribution >= 0.6 is 0 Å². The third kappa shape index (κ3) is 4.49. The fourth-order valence-corrected chi connectivity index (χ4v) is 4.76. The Kier molecular flexibility index (Phi) is 6.59. The molecule has 1 amide bonds. The van der Waals surface area contributed by atoms with Crippen molar-refractivity contribution in [1.29, 1.82) is 0 Å². The summed E-state index contributed by atoms with van der Waals surface area (Å²) in [7, 11) is 0. The number of carbonyl (C=O) groups excluding carboxylic acids is 1. The third-order valence-corrected chi connectivity index (χ3v) is 6.67. The molecule has 0 spiro atoms. The molecular weight excluding hydrogens is 506 g/mol. The summed E-state index contributed by atoms with van der Waals surface area (Å²) in [5, 5.41) is 13.3. The van der Waals surface area contributed by atoms with Crippen LogP contribution in [0.1, 0.15) is 31.0 Å². The number of phenolic OH excluding ortho intramolecular Hbond substituents is 1. The quantitative estimate of drug-likeness (QED) is 0.364. The van der Waals surface area contributed by atoms with E-state index in [1.807, 2.05) is 20.8 Å². The van der Waals surface area contributed by atoms with Crippen molar-refractivity contribution >= 4 is 22.8 Å². The summed E-state index contributed by atoms with van der Waals surface area (Å²) in [5.74, 6) is -2.50. The molecule has 2 N–H and O–H groups in total. The number of amides is 1. The van der Waals surface area contributed by atoms with Gasteiger partial charge in [-0.3, -0.25) is 9.78 Å². The highest BCUT2D eigenvalue weighted by Crippen LogP contribution is 2.36. The molecule has 0 atom stereocenters. The van der Waals surface area contributed by atoms with Crippen LogP contribution in [0.3, 0.4) is 0 Å². The number of aryl methyl sites for hydroxylation is 1. The summed E-state index contributed by atoms with van der Waals surface area (Å²) in [4.78, 5) is 40.3. The summed E-state index contributed by atoms with van der Waals surface area (Å²) < 4.78 is 31.6. The lowest BCUT2D eigenvalue weighted by Crippen LogP contribution is -2.59. The molecule has 4 heterocycles. The van der Waals surface area contributed by atoms with Crippen LogP contribution in [0.25, 0.3) is 28.0 Å². The van der Waals surface area contributed by atoms with Crippen molar-refractivity contribution in [3.05, 3.63) is 82.6 Å². The fourth-order valence-electron chi connectivity index (χ4n) is 4.76. The predicted molar refractivity (Wildman–Crippen MR) is 143 cm³/mol. The van der Waals surface area contributed by atoms with Crippen LogP contribution in [0, 0.1) is 18.6 Å². The predicted octanol–water partition coefficient (Wildman–Crippen LogP) is 3.75. The van der Waals surface area contributed by atoms with E-state index in [1.54, 1.807) is 17.2 Å². The summed E-state index contributed by atoms with van der Waals surface area (Å²) in [6, 6.07) is 6.28. The number of aromatic hydroxyl groups is 1. The Hall–Kier alpha value is -4.67. The van der Waals surface area contributed by atoms with Crippen molar-refractivity contribution in [2.24, 2.45) is 0 Å². The van der Waals surface area contributed by atoms with Gasteiger partial charge in [-0.1, -0.05) is 26.5 Å². The van der Waals surface area contributed by atoms with Gasteiger partial charge in [-0.25, -0.2) is 23.1 Å². The average molecular weight is 533 g/mol. The molecule has 200 valence electrons. The lowest BCUT2D eigenvalue weighted by Gasteiger charge is -2.40. The van der Waals surface area contributed by atoms with Crippen LogP contribution in [0.5, 0.6) is 5.75 Å². The zero-order valence-corrected chi connectivity index (χ0v) is 21.6. The number of hydrogen-bond acceptors (Lipinski definition) is 7. The van der Waals surface area contributed by atoms with Crippen LogP contribution in [0.15, 0.2) is 54.0 Å². The summed E-state index contributed by atoms with van der Waals surface area (Å²) in [6.45, 7) is 9.75. The van der Waals surface area contributed by atoms with E-state index in [-0.39, 0.29) is 34.7 Å². The van der Waals surface area contributed by atoms with E-state index in [2.05, 4.69) is 26.8 Å². The molecule has 0 aliphatic carbocycles. The molecule has 1 aliphatic rings. The van der Waals surface area contributed by atoms with E-state index < -0.39 is 34.3 Å². The number of anilines is 1. The van der Waals surface area contributed by atoms with E-state index in [1.165, 1.54) is 22.8 Å². The first kappa shape index (κ1) is 26.0. The Morgan fingerprint density at radius 1 is 1.21 bits per heavy atom. The van der Waals surface area contributed by atoms with E-state index >= 15 is 4.39 Å². The maximum Gasteiger partial charge on any atom is 0.355 e. The molecule has 0 saturated carbocycles. The van der Waals surface area contributed by atoms with Gasteiger partial charge in [0, 0.05) is 19.3 Å². The number of phenols is 1. The van der Waals surface area contributed by atoms with Gasteiger partial charge in [0.15, 0.2) is 11.5 Å². The smallest absolute Gasteiger partial charge is 0.355 e. The maximum absolute atomic E-state index is 15.6. The van der Waals surface area contributed by atoms with Crippen molar-refractivity contribution in [3.63, 3.8) is 0 Å². The number of hydrogen-bond donors (Lipinski definition) is 2. The van der Waals surface area contributed by atoms with Crippen molar-refractivity contribution in [1.82, 2.24) is 24.8 Å². The Morgan fingerprint density at radius 3 is 2.62 bits per heavy atom. The zero-order chi connectivity index (χ0) is 28.0. The number of pyridine rings is 2. The highest BCUT2D eigenvalue weighted by Gasteiger charge is 2.32. The minimum absolute atomic E-state index is 0.0284. The first-order valence-corrected chi connectivity index (χ1v) is 12.4. The molecule has 4 aromatic rings. The Labute approximate surface area is 222 Å². The lowest BCUT2D eigenvalue weighted by molar-refractivity contribution is -0.117. The van der Waals surface area contributed by atoms with Crippen molar-refractivity contribution in [2.45, 2.75) is 32.7 Å². The molecule has 11 heteroatoms. The Morgan fingerprint density at radius 2 is 1.95 bits per heavy atom. The molecule has 0 radical (unpaired) electrons. The maximum atomic E-state index is 15.6. The van der Waals surface area contributed by atoms with Crippen LogP contribution in [0.4, 0.5) is 14.6 Å². The van der Waals surface area contributed by atoms with Crippen LogP contribution in [0.2, 0.25) is 0 Å². The van der Waals surface area contributed by atoms with Gasteiger partial charge in [-0.15, -0.1) is 0 Å². The van der Waals surface area contributed by atoms with Crippen LogP contribution in [-0.2, 0) is 4.79 Å². The number of benzene rings is 1. The van der Waals surface area contributed by atoms with Gasteiger partial charge in [-0.05, 0) is 48.7 Å². The number of carbonyl (C=O) groups is 1. The van der Waals surface area contributed by atoms with Gasteiger partial charge in [0.2, 0.25) is 5.91 Å². The molecule has 3 aromatic heterocycles. The van der Waals surface area contributed by atoms with Gasteiger partial charge in [0.1, 0.15) is 23.1 Å². The van der Waals surface area contributed by atoms with Crippen molar-refractivity contribution in [3.8, 4) is 22.7 Å². The molecule has 1 aromatic carbocycles. The van der Waals surface area contributed by atoms with Crippen LogP contribution < -0.4 is 15.9 Å². The van der Waals surface area contributed by atoms with Gasteiger partial charge >= 0.3 is 5.69 Å². The number of aromatic nitrogens is 4. The minimum Gasteiger partial charge on any atom is -0.507 e. The number of nitrogens with zero attached hydrogens (tertiary/aromatic N) is 5. The minimum atomic E-state index is -0.903. The molecule has 1 aliphatic heterocycles. The standard InChI is InChI=1S/C28H26F2N6O3/c1-5-21(38)32-16-12-35(13-16)26-17-11-19(30)24(22-18(29)7-6-8-20(22)37)33-27(17)36(28(39)34-26)25-15(4)9-10-31-23(25)14(2)3/h5-11,14,16,37H,1,12-13H2,2-4H3,(H,32,38). The molecule has 1 saturated heterocycles. The second-order valence-electron chi connectivity index (χ2n) is 9.71. The number of nitrogens with one attached hydrogen (secondary N) is 1. The van der Waals surface area contributed by atoms with Gasteiger partial charge in [0.05, 0.1) is 28.4 Å². The van der Waals surface area contributed by atoms with E-state index in [4.69, 9.17) is 0 Å². The lowest BCUT2D eigenvalue weighted by atomic mass is 10.0. The first-order chi connectivity index (χ1) is 18.6. The van der Waals surface area contributed by atoms with Crippen molar-refractivity contribution < 1.29 is 18.7 Å². The monoisotopic (exact) mass is 532 g/mol. The summed E-state index contributed by atoms with van der Waals surface area (Å²) in [6.07, 6.45) is 2.80. The van der Waals surface area contributed by atoms with Gasteiger partial charge < -0.3 is 15.3 Å². The van der Waals surface area contributed by atoms with E-state index in [0.29, 0.717) is 30.0 Å². The van der Waals surface area contributed by atoms with Gasteiger partial charge in [-0.2, -0.15) is 4.98 Å². The highest BCUT2D eigenvalue weighted by molar-refractivity contribution is 5.91. The molecule has 0 unspecified atom stereocenters. The summed E-state index contributed by atoms with van der Waals surface area (Å²) in [5.41, 5.74) is 0.240. The Bertz CT molecular complexity index is 1680. The summed E-state index contributed by atoms with van der Waals surface area (Å²) >= 11 is 0. The van der Waals surface area contributed by atoms with Gasteiger partial charge in [0.25, 0.3) is 0 Å². The second-order valence-corrected chi connectivity index (χ2v) is 9.71. The molecule has 0 bridgehead atoms. The number of rotatable bonds is 6. The molecule has 39 heavy (non-hydrogen) atoms. The molecule has 1 fully saturated rings. The fraction of sp³-hybridized carbons (Fsp3) is 0.250. The average Bonchev–Trinajstić information content (AvgIpc) is 2.86. The molecular formula is C28H26F2N6O3. The topological polar surface area (TPSA) is 113 Å².